The molecule has 43 heavy (non-hydrogen) atoms. The Bertz CT molecular complexity index is 1830. The van der Waals surface area contributed by atoms with Crippen molar-refractivity contribution in [2.45, 2.75) is 38.1 Å². The van der Waals surface area contributed by atoms with Gasteiger partial charge in [-0.1, -0.05) is 48.5 Å². The lowest BCUT2D eigenvalue weighted by molar-refractivity contribution is -0.667. The molecule has 5 rings (SSSR count). The molecular formula is C28H33ClN3O6S5-. The van der Waals surface area contributed by atoms with Crippen molar-refractivity contribution in [3.63, 3.8) is 0 Å². The largest absolute Gasteiger partial charge is 0.748 e. The van der Waals surface area contributed by atoms with Crippen LogP contribution in [0.25, 0.3) is 26.4 Å². The Labute approximate surface area is 270 Å². The normalized spacial score (nSPS) is 14.6. The van der Waals surface area contributed by atoms with Crippen molar-refractivity contribution in [2.24, 2.45) is 0 Å². The maximum Gasteiger partial charge on any atom is 0.265 e. The topological polar surface area (TPSA) is 125 Å². The van der Waals surface area contributed by atoms with Crippen molar-refractivity contribution in [1.29, 1.82) is 0 Å². The van der Waals surface area contributed by atoms with E-state index in [2.05, 4.69) is 31.9 Å². The minimum absolute atomic E-state index is 0.152. The lowest BCUT2D eigenvalue weighted by atomic mass is 10.2. The molecule has 2 aromatic carbocycles. The summed E-state index contributed by atoms with van der Waals surface area (Å²) >= 11 is 10.9. The van der Waals surface area contributed by atoms with Gasteiger partial charge in [0, 0.05) is 39.1 Å². The number of benzene rings is 2. The number of thiophene rings is 1. The van der Waals surface area contributed by atoms with Crippen LogP contribution in [0.4, 0.5) is 5.69 Å². The Balaban J connectivity index is 0.000000641. The minimum atomic E-state index is -4.34. The zero-order chi connectivity index (χ0) is 31.4. The summed E-state index contributed by atoms with van der Waals surface area (Å²) in [7, 11) is -6.57. The predicted octanol–water partition coefficient (Wildman–Crippen LogP) is 5.80. The number of anilines is 1. The fourth-order valence-electron chi connectivity index (χ4n) is 4.52. The highest BCUT2D eigenvalue weighted by atomic mass is 35.5. The first-order valence-electron chi connectivity index (χ1n) is 13.6. The standard InChI is InChI=1S/C23H21ClN2O6S5.C5H13N/c24-15-3-4-19-17(13-15)25(8-1-11-36(27,28)29)21(34-19)14-22-26(9-2-12-37(30,31)32)23-16-7-10-33-18(16)5-6-20(23)35-22;1-4-6(3)5-2/h3-7,10,13-14H,1-2,8-9,11-12H2,(H-,27,28,29,30,31,32);4-5H2,1-3H3/p-1. The molecule has 2 aromatic heterocycles. The maximum atomic E-state index is 11.3. The molecule has 0 saturated heterocycles. The van der Waals surface area contributed by atoms with Crippen molar-refractivity contribution in [2.75, 3.05) is 43.1 Å². The van der Waals surface area contributed by atoms with Gasteiger partial charge in [0.2, 0.25) is 5.52 Å². The zero-order valence-electron chi connectivity index (χ0n) is 24.0. The van der Waals surface area contributed by atoms with Gasteiger partial charge < -0.3 is 18.9 Å². The molecule has 0 amide bonds. The molecule has 0 radical (unpaired) electrons. The van der Waals surface area contributed by atoms with Crippen LogP contribution in [0, 0.1) is 0 Å². The minimum Gasteiger partial charge on any atom is -0.748 e. The quantitative estimate of drug-likeness (QED) is 0.141. The van der Waals surface area contributed by atoms with Gasteiger partial charge in [-0.15, -0.1) is 11.3 Å². The van der Waals surface area contributed by atoms with Crippen molar-refractivity contribution in [3.05, 3.63) is 56.8 Å². The second kappa shape index (κ2) is 14.6. The Morgan fingerprint density at radius 2 is 1.65 bits per heavy atom. The number of aromatic nitrogens is 1. The molecule has 0 fully saturated rings. The van der Waals surface area contributed by atoms with E-state index in [1.165, 1.54) is 11.8 Å². The lowest BCUT2D eigenvalue weighted by Crippen LogP contribution is -2.36. The van der Waals surface area contributed by atoms with Crippen LogP contribution in [0.1, 0.15) is 31.7 Å². The summed E-state index contributed by atoms with van der Waals surface area (Å²) in [6.45, 7) is 7.29. The van der Waals surface area contributed by atoms with Crippen molar-refractivity contribution in [3.8, 4) is 0 Å². The highest BCUT2D eigenvalue weighted by Gasteiger charge is 2.29. The summed E-state index contributed by atoms with van der Waals surface area (Å²) in [6, 6.07) is 11.6. The van der Waals surface area contributed by atoms with Crippen LogP contribution in [0.2, 0.25) is 5.02 Å². The summed E-state index contributed by atoms with van der Waals surface area (Å²) in [5.41, 5.74) is 1.81. The predicted molar refractivity (Wildman–Crippen MR) is 177 cm³/mol. The van der Waals surface area contributed by atoms with E-state index < -0.39 is 31.7 Å². The summed E-state index contributed by atoms with van der Waals surface area (Å²) < 4.78 is 71.6. The Morgan fingerprint density at radius 3 is 2.30 bits per heavy atom. The van der Waals surface area contributed by atoms with Crippen LogP contribution in [0.15, 0.2) is 51.7 Å². The van der Waals surface area contributed by atoms with E-state index in [9.17, 15) is 25.9 Å². The average Bonchev–Trinajstić information content (AvgIpc) is 3.63. The Kier molecular flexibility index (Phi) is 11.6. The van der Waals surface area contributed by atoms with Crippen LogP contribution in [0.5, 0.6) is 0 Å². The molecule has 4 aromatic rings. The average molecular weight is 703 g/mol. The number of hydrogen-bond acceptors (Lipinski definition) is 11. The van der Waals surface area contributed by atoms with Crippen LogP contribution < -0.4 is 9.47 Å². The second-order valence-electron chi connectivity index (χ2n) is 9.90. The summed E-state index contributed by atoms with van der Waals surface area (Å²) in [4.78, 5) is 5.15. The van der Waals surface area contributed by atoms with Gasteiger partial charge >= 0.3 is 0 Å². The molecule has 0 bridgehead atoms. The van der Waals surface area contributed by atoms with Gasteiger partial charge in [0.05, 0.1) is 42.4 Å². The van der Waals surface area contributed by atoms with Crippen molar-refractivity contribution in [1.82, 2.24) is 4.90 Å². The highest BCUT2D eigenvalue weighted by Crippen LogP contribution is 2.48. The molecule has 0 aliphatic carbocycles. The van der Waals surface area contributed by atoms with E-state index in [1.807, 2.05) is 45.2 Å². The van der Waals surface area contributed by atoms with Gasteiger partial charge in [-0.2, -0.15) is 4.57 Å². The molecule has 0 N–H and O–H groups in total. The maximum absolute atomic E-state index is 11.3. The highest BCUT2D eigenvalue weighted by molar-refractivity contribution is 8.04. The molecule has 15 heteroatoms. The van der Waals surface area contributed by atoms with E-state index in [1.54, 1.807) is 28.7 Å². The van der Waals surface area contributed by atoms with Gasteiger partial charge in [0.15, 0.2) is 6.54 Å². The van der Waals surface area contributed by atoms with Gasteiger partial charge in [0.25, 0.3) is 5.01 Å². The van der Waals surface area contributed by atoms with Gasteiger partial charge in [-0.3, -0.25) is 0 Å². The molecule has 0 spiro atoms. The van der Waals surface area contributed by atoms with Crippen LogP contribution >= 0.6 is 46.0 Å². The van der Waals surface area contributed by atoms with Gasteiger partial charge in [-0.25, -0.2) is 16.8 Å². The van der Waals surface area contributed by atoms with Crippen LogP contribution in [0.3, 0.4) is 0 Å². The van der Waals surface area contributed by atoms with Gasteiger partial charge in [0.1, 0.15) is 4.70 Å². The second-order valence-corrected chi connectivity index (χ2v) is 16.5. The molecular weight excluding hydrogens is 670 g/mol. The number of halogens is 1. The lowest BCUT2D eigenvalue weighted by Gasteiger charge is -2.20. The number of thiazole rings is 1. The number of aryl methyl sites for hydroxylation is 1. The Hall–Kier alpha value is -1.75. The first-order chi connectivity index (χ1) is 20.3. The molecule has 0 atom stereocenters. The molecule has 3 heterocycles. The number of rotatable bonds is 11. The first-order valence-corrected chi connectivity index (χ1v) is 19.7. The number of nitrogens with zero attached hydrogens (tertiary/aromatic N) is 3. The van der Waals surface area contributed by atoms with E-state index >= 15 is 0 Å². The van der Waals surface area contributed by atoms with E-state index in [4.69, 9.17) is 11.6 Å². The van der Waals surface area contributed by atoms with E-state index in [0.717, 1.165) is 54.0 Å². The molecule has 0 saturated carbocycles. The SMILES string of the molecule is CCN(C)CC.O=S(=O)([O-])CCCN1/C(=C/c2sc3ccc4sccc4c3[n+]2CCCS(=O)(=O)[O-])Sc2ccc(Cl)cc21. The molecule has 0 unspecified atom stereocenters. The third-order valence-electron chi connectivity index (χ3n) is 6.89. The number of hydrogen-bond donors (Lipinski definition) is 0. The summed E-state index contributed by atoms with van der Waals surface area (Å²) in [5, 5.41) is 5.29. The van der Waals surface area contributed by atoms with Gasteiger partial charge in [-0.05, 0) is 68.3 Å². The van der Waals surface area contributed by atoms with Crippen molar-refractivity contribution >= 4 is 98.3 Å². The number of thioether (sulfide) groups is 1. The zero-order valence-corrected chi connectivity index (χ0v) is 28.8. The van der Waals surface area contributed by atoms with E-state index in [0.29, 0.717) is 18.1 Å². The fraction of sp³-hybridized carbons (Fsp3) is 0.393. The van der Waals surface area contributed by atoms with E-state index in [-0.39, 0.29) is 12.8 Å². The third-order valence-corrected chi connectivity index (χ3v) is 11.8. The number of fused-ring (bicyclic) bond motifs is 4. The molecule has 9 nitrogen and oxygen atoms in total. The fourth-order valence-corrected chi connectivity index (χ4v) is 8.76. The van der Waals surface area contributed by atoms with Crippen molar-refractivity contribution < 1.29 is 30.5 Å². The Morgan fingerprint density at radius 1 is 0.977 bits per heavy atom. The molecule has 1 aliphatic heterocycles. The molecule has 1 aliphatic rings. The van der Waals surface area contributed by atoms with Crippen LogP contribution in [-0.2, 0) is 26.8 Å². The summed E-state index contributed by atoms with van der Waals surface area (Å²) in [6.07, 6.45) is 2.31. The first kappa shape index (κ1) is 34.1. The smallest absolute Gasteiger partial charge is 0.265 e. The molecule has 234 valence electrons. The summed E-state index contributed by atoms with van der Waals surface area (Å²) in [5.74, 6) is -0.929. The third kappa shape index (κ3) is 9.14. The monoisotopic (exact) mass is 702 g/mol. The van der Waals surface area contributed by atoms with Crippen LogP contribution in [-0.4, -0.2) is 69.0 Å².